The Kier molecular flexibility index (Phi) is 5.20. The van der Waals surface area contributed by atoms with Gasteiger partial charge in [-0.15, -0.1) is 0 Å². The second-order valence-electron chi connectivity index (χ2n) is 4.50. The van der Waals surface area contributed by atoms with E-state index in [4.69, 9.17) is 0 Å². The Morgan fingerprint density at radius 2 is 2.00 bits per heavy atom. The topological polar surface area (TPSA) is 29.1 Å². The highest BCUT2D eigenvalue weighted by molar-refractivity contribution is 5.80. The van der Waals surface area contributed by atoms with Gasteiger partial charge in [0.1, 0.15) is 5.78 Å². The zero-order chi connectivity index (χ0) is 12.0. The Labute approximate surface area is 98.1 Å². The second kappa shape index (κ2) is 6.44. The molecule has 0 bridgehead atoms. The molecule has 0 radical (unpaired) electrons. The molecule has 88 valence electrons. The Hall–Kier alpha value is -1.15. The van der Waals surface area contributed by atoms with E-state index in [0.717, 1.165) is 6.42 Å². The van der Waals surface area contributed by atoms with Gasteiger partial charge in [0.15, 0.2) is 0 Å². The smallest absolute Gasteiger partial charge is 0.146 e. The molecule has 0 atom stereocenters. The molecule has 1 aromatic rings. The highest BCUT2D eigenvalue weighted by Crippen LogP contribution is 2.09. The average molecular weight is 219 g/mol. The second-order valence-corrected chi connectivity index (χ2v) is 4.50. The molecule has 0 aliphatic heterocycles. The molecule has 0 saturated carbocycles. The van der Waals surface area contributed by atoms with E-state index in [9.17, 15) is 4.79 Å². The van der Waals surface area contributed by atoms with Crippen molar-refractivity contribution in [2.24, 2.45) is 0 Å². The summed E-state index contributed by atoms with van der Waals surface area (Å²) in [6.45, 7) is 6.68. The number of rotatable bonds is 6. The van der Waals surface area contributed by atoms with Crippen molar-refractivity contribution in [2.75, 3.05) is 6.54 Å². The standard InChI is InChI=1S/C14H21NO/c1-11(2)15-10-14(16)9-8-13-7-5-4-6-12(13)3/h4-7,11,15H,8-10H2,1-3H3. The Balaban J connectivity index is 2.35. The maximum absolute atomic E-state index is 11.6. The summed E-state index contributed by atoms with van der Waals surface area (Å²) >= 11 is 0. The SMILES string of the molecule is Cc1ccccc1CCC(=O)CNC(C)C. The van der Waals surface area contributed by atoms with Gasteiger partial charge in [-0.2, -0.15) is 0 Å². The molecule has 16 heavy (non-hydrogen) atoms. The number of carbonyl (C=O) groups is 1. The van der Waals surface area contributed by atoms with Crippen LogP contribution >= 0.6 is 0 Å². The zero-order valence-electron chi connectivity index (χ0n) is 10.4. The van der Waals surface area contributed by atoms with Gasteiger partial charge in [-0.25, -0.2) is 0 Å². The van der Waals surface area contributed by atoms with Crippen LogP contribution < -0.4 is 5.32 Å². The lowest BCUT2D eigenvalue weighted by Crippen LogP contribution is -2.29. The van der Waals surface area contributed by atoms with Crippen LogP contribution in [0.1, 0.15) is 31.4 Å². The van der Waals surface area contributed by atoms with Crippen LogP contribution in [-0.4, -0.2) is 18.4 Å². The van der Waals surface area contributed by atoms with E-state index in [2.05, 4.69) is 38.2 Å². The summed E-state index contributed by atoms with van der Waals surface area (Å²) in [4.78, 5) is 11.6. The maximum atomic E-state index is 11.6. The number of aryl methyl sites for hydroxylation is 2. The molecule has 0 unspecified atom stereocenters. The van der Waals surface area contributed by atoms with E-state index in [0.29, 0.717) is 19.0 Å². The van der Waals surface area contributed by atoms with E-state index >= 15 is 0 Å². The van der Waals surface area contributed by atoms with Crippen molar-refractivity contribution in [3.05, 3.63) is 35.4 Å². The molecule has 0 aliphatic carbocycles. The third-order valence-electron chi connectivity index (χ3n) is 2.64. The lowest BCUT2D eigenvalue weighted by Gasteiger charge is -2.08. The predicted molar refractivity (Wildman–Crippen MR) is 67.6 cm³/mol. The van der Waals surface area contributed by atoms with Gasteiger partial charge in [-0.05, 0) is 24.5 Å². The first-order valence-corrected chi connectivity index (χ1v) is 5.89. The summed E-state index contributed by atoms with van der Waals surface area (Å²) in [6.07, 6.45) is 1.48. The molecule has 2 heteroatoms. The van der Waals surface area contributed by atoms with Crippen LogP contribution in [0.2, 0.25) is 0 Å². The summed E-state index contributed by atoms with van der Waals surface area (Å²) in [5.74, 6) is 0.289. The molecular weight excluding hydrogens is 198 g/mol. The average Bonchev–Trinajstić information content (AvgIpc) is 2.25. The lowest BCUT2D eigenvalue weighted by atomic mass is 10.0. The Morgan fingerprint density at radius 3 is 2.62 bits per heavy atom. The van der Waals surface area contributed by atoms with Crippen molar-refractivity contribution in [1.29, 1.82) is 0 Å². The van der Waals surface area contributed by atoms with E-state index in [-0.39, 0.29) is 5.78 Å². The van der Waals surface area contributed by atoms with Crippen LogP contribution in [-0.2, 0) is 11.2 Å². The molecule has 2 nitrogen and oxygen atoms in total. The van der Waals surface area contributed by atoms with E-state index in [1.807, 2.05) is 12.1 Å². The largest absolute Gasteiger partial charge is 0.308 e. The minimum absolute atomic E-state index is 0.289. The van der Waals surface area contributed by atoms with E-state index in [1.165, 1.54) is 11.1 Å². The number of hydrogen-bond donors (Lipinski definition) is 1. The zero-order valence-corrected chi connectivity index (χ0v) is 10.4. The van der Waals surface area contributed by atoms with Gasteiger partial charge in [-0.1, -0.05) is 38.1 Å². The molecule has 1 rings (SSSR count). The molecule has 1 aromatic carbocycles. The summed E-state index contributed by atoms with van der Waals surface area (Å²) < 4.78 is 0. The summed E-state index contributed by atoms with van der Waals surface area (Å²) in [5, 5.41) is 3.15. The van der Waals surface area contributed by atoms with Gasteiger partial charge in [-0.3, -0.25) is 4.79 Å². The molecule has 0 saturated heterocycles. The highest BCUT2D eigenvalue weighted by Gasteiger charge is 2.04. The quantitative estimate of drug-likeness (QED) is 0.796. The third kappa shape index (κ3) is 4.58. The first-order valence-electron chi connectivity index (χ1n) is 5.89. The van der Waals surface area contributed by atoms with Crippen molar-refractivity contribution in [3.63, 3.8) is 0 Å². The summed E-state index contributed by atoms with van der Waals surface area (Å²) in [7, 11) is 0. The lowest BCUT2D eigenvalue weighted by molar-refractivity contribution is -0.118. The predicted octanol–water partition coefficient (Wildman–Crippen LogP) is 2.49. The molecule has 1 N–H and O–H groups in total. The molecular formula is C14H21NO. The maximum Gasteiger partial charge on any atom is 0.146 e. The Bertz CT molecular complexity index is 344. The van der Waals surface area contributed by atoms with Gasteiger partial charge in [0.25, 0.3) is 0 Å². The highest BCUT2D eigenvalue weighted by atomic mass is 16.1. The number of ketones is 1. The monoisotopic (exact) mass is 219 g/mol. The fraction of sp³-hybridized carbons (Fsp3) is 0.500. The van der Waals surface area contributed by atoms with Crippen LogP contribution in [0.4, 0.5) is 0 Å². The number of nitrogens with one attached hydrogen (secondary N) is 1. The van der Waals surface area contributed by atoms with E-state index < -0.39 is 0 Å². The van der Waals surface area contributed by atoms with Crippen molar-refractivity contribution < 1.29 is 4.79 Å². The van der Waals surface area contributed by atoms with Crippen molar-refractivity contribution in [1.82, 2.24) is 5.32 Å². The number of Topliss-reactive ketones (excluding diaryl/α,β-unsaturated/α-hetero) is 1. The molecule has 0 amide bonds. The molecule has 0 fully saturated rings. The van der Waals surface area contributed by atoms with Crippen LogP contribution in [0.25, 0.3) is 0 Å². The fourth-order valence-corrected chi connectivity index (χ4v) is 1.57. The van der Waals surface area contributed by atoms with Crippen molar-refractivity contribution >= 4 is 5.78 Å². The fourth-order valence-electron chi connectivity index (χ4n) is 1.57. The minimum atomic E-state index is 0.289. The first-order chi connectivity index (χ1) is 7.59. The molecule has 0 aromatic heterocycles. The molecule has 0 spiro atoms. The van der Waals surface area contributed by atoms with E-state index in [1.54, 1.807) is 0 Å². The van der Waals surface area contributed by atoms with Crippen LogP contribution in [0.3, 0.4) is 0 Å². The summed E-state index contributed by atoms with van der Waals surface area (Å²) in [5.41, 5.74) is 2.55. The summed E-state index contributed by atoms with van der Waals surface area (Å²) in [6, 6.07) is 8.62. The van der Waals surface area contributed by atoms with Crippen LogP contribution in [0.15, 0.2) is 24.3 Å². The minimum Gasteiger partial charge on any atom is -0.308 e. The normalized spacial score (nSPS) is 10.8. The molecule has 0 aliphatic rings. The van der Waals surface area contributed by atoms with Gasteiger partial charge in [0, 0.05) is 12.5 Å². The third-order valence-corrected chi connectivity index (χ3v) is 2.64. The number of hydrogen-bond acceptors (Lipinski definition) is 2. The molecule has 0 heterocycles. The van der Waals surface area contributed by atoms with Gasteiger partial charge in [0.05, 0.1) is 6.54 Å². The van der Waals surface area contributed by atoms with Gasteiger partial charge in [0.2, 0.25) is 0 Å². The van der Waals surface area contributed by atoms with Gasteiger partial charge < -0.3 is 5.32 Å². The van der Waals surface area contributed by atoms with Crippen molar-refractivity contribution in [3.8, 4) is 0 Å². The van der Waals surface area contributed by atoms with Crippen molar-refractivity contribution in [2.45, 2.75) is 39.7 Å². The van der Waals surface area contributed by atoms with Crippen LogP contribution in [0.5, 0.6) is 0 Å². The number of benzene rings is 1. The number of carbonyl (C=O) groups excluding carboxylic acids is 1. The van der Waals surface area contributed by atoms with Gasteiger partial charge >= 0.3 is 0 Å². The Morgan fingerprint density at radius 1 is 1.31 bits per heavy atom. The first kappa shape index (κ1) is 12.9. The van der Waals surface area contributed by atoms with Crippen LogP contribution in [0, 0.1) is 6.92 Å².